The van der Waals surface area contributed by atoms with E-state index >= 15 is 0 Å². The van der Waals surface area contributed by atoms with Crippen molar-refractivity contribution in [2.45, 2.75) is 20.5 Å². The van der Waals surface area contributed by atoms with Crippen LogP contribution in [0.4, 0.5) is 5.69 Å². The van der Waals surface area contributed by atoms with Crippen molar-refractivity contribution in [2.24, 2.45) is 5.84 Å². The maximum atomic E-state index is 11.3. The molecule has 20 heavy (non-hydrogen) atoms. The average molecular weight is 279 g/mol. The number of nitrogens with one attached hydrogen (secondary N) is 1. The monoisotopic (exact) mass is 279 g/mol. The Kier molecular flexibility index (Phi) is 3.48. The van der Waals surface area contributed by atoms with E-state index in [2.05, 4.69) is 10.2 Å². The number of carbonyl (C=O) groups is 1. The normalized spacial score (nSPS) is 10.6. The third kappa shape index (κ3) is 2.36. The highest BCUT2D eigenvalue weighted by Crippen LogP contribution is 2.21. The molecule has 0 bridgehead atoms. The van der Waals surface area contributed by atoms with Crippen LogP contribution in [-0.4, -0.2) is 30.4 Å². The number of amides is 1. The predicted molar refractivity (Wildman–Crippen MR) is 67.6 cm³/mol. The molecule has 2 heterocycles. The van der Waals surface area contributed by atoms with Gasteiger partial charge in [0.15, 0.2) is 5.69 Å². The number of nitrogens with zero attached hydrogens (tertiary/aromatic N) is 5. The van der Waals surface area contributed by atoms with Crippen molar-refractivity contribution in [3.05, 3.63) is 39.5 Å². The van der Waals surface area contributed by atoms with Gasteiger partial charge in [0.05, 0.1) is 4.92 Å². The molecule has 3 N–H and O–H groups in total. The summed E-state index contributed by atoms with van der Waals surface area (Å²) >= 11 is 0. The second kappa shape index (κ2) is 5.09. The molecule has 0 saturated heterocycles. The molecule has 2 aromatic heterocycles. The lowest BCUT2D eigenvalue weighted by atomic mass is 10.3. The van der Waals surface area contributed by atoms with Gasteiger partial charge in [0.1, 0.15) is 18.1 Å². The maximum Gasteiger partial charge on any atom is 0.312 e. The second-order valence-corrected chi connectivity index (χ2v) is 4.13. The first-order chi connectivity index (χ1) is 9.43. The summed E-state index contributed by atoms with van der Waals surface area (Å²) in [5, 5.41) is 19.0. The lowest BCUT2D eigenvalue weighted by Gasteiger charge is -2.03. The molecule has 1 amide bonds. The van der Waals surface area contributed by atoms with Crippen LogP contribution >= 0.6 is 0 Å². The van der Waals surface area contributed by atoms with E-state index in [1.165, 1.54) is 15.4 Å². The van der Waals surface area contributed by atoms with Crippen LogP contribution in [0.15, 0.2) is 12.3 Å². The van der Waals surface area contributed by atoms with Gasteiger partial charge in [0, 0.05) is 6.20 Å². The average Bonchev–Trinajstić information content (AvgIpc) is 2.95. The Labute approximate surface area is 113 Å². The lowest BCUT2D eigenvalue weighted by Crippen LogP contribution is -2.30. The van der Waals surface area contributed by atoms with Crippen LogP contribution in [-0.2, 0) is 6.67 Å². The highest BCUT2D eigenvalue weighted by Gasteiger charge is 2.21. The SMILES string of the molecule is Cc1nn(Cn2ccc(C(=O)NN)n2)c(C)c1[N+](=O)[O-]. The van der Waals surface area contributed by atoms with Gasteiger partial charge >= 0.3 is 5.69 Å². The third-order valence-corrected chi connectivity index (χ3v) is 2.81. The van der Waals surface area contributed by atoms with Gasteiger partial charge in [-0.25, -0.2) is 10.5 Å². The zero-order valence-electron chi connectivity index (χ0n) is 10.9. The molecule has 2 rings (SSSR count). The number of hydrogen-bond donors (Lipinski definition) is 2. The summed E-state index contributed by atoms with van der Waals surface area (Å²) in [6.07, 6.45) is 1.56. The highest BCUT2D eigenvalue weighted by molar-refractivity contribution is 5.91. The minimum atomic E-state index is -0.511. The standard InChI is InChI=1S/C10H13N7O3/c1-6-9(17(19)20)7(2)16(13-6)5-15-4-3-8(14-15)10(18)12-11/h3-4H,5,11H2,1-2H3,(H,12,18). The summed E-state index contributed by atoms with van der Waals surface area (Å²) in [6, 6.07) is 1.49. The van der Waals surface area contributed by atoms with E-state index in [-0.39, 0.29) is 18.1 Å². The van der Waals surface area contributed by atoms with Crippen molar-refractivity contribution in [3.8, 4) is 0 Å². The van der Waals surface area contributed by atoms with E-state index in [1.54, 1.807) is 20.0 Å². The van der Waals surface area contributed by atoms with Crippen molar-refractivity contribution < 1.29 is 9.72 Å². The minimum absolute atomic E-state index is 0.0166. The smallest absolute Gasteiger partial charge is 0.289 e. The van der Waals surface area contributed by atoms with E-state index in [1.807, 2.05) is 5.43 Å². The quantitative estimate of drug-likeness (QED) is 0.342. The Bertz CT molecular complexity index is 672. The van der Waals surface area contributed by atoms with Crippen LogP contribution in [0.1, 0.15) is 21.9 Å². The minimum Gasteiger partial charge on any atom is -0.289 e. The number of nitrogens with two attached hydrogens (primary N) is 1. The van der Waals surface area contributed by atoms with Crippen LogP contribution in [0.3, 0.4) is 0 Å². The highest BCUT2D eigenvalue weighted by atomic mass is 16.6. The number of rotatable bonds is 4. The molecule has 0 fully saturated rings. The molecular weight excluding hydrogens is 266 g/mol. The first kappa shape index (κ1) is 13.7. The topological polar surface area (TPSA) is 134 Å². The van der Waals surface area contributed by atoms with Crippen molar-refractivity contribution >= 4 is 11.6 Å². The summed E-state index contributed by atoms with van der Waals surface area (Å²) < 4.78 is 2.89. The van der Waals surface area contributed by atoms with Crippen LogP contribution in [0.25, 0.3) is 0 Å². The van der Waals surface area contributed by atoms with Crippen LogP contribution in [0, 0.1) is 24.0 Å². The molecule has 0 aliphatic rings. The molecule has 0 aliphatic heterocycles. The molecule has 0 aromatic carbocycles. The zero-order valence-corrected chi connectivity index (χ0v) is 10.9. The van der Waals surface area contributed by atoms with Gasteiger partial charge in [-0.2, -0.15) is 10.2 Å². The summed E-state index contributed by atoms with van der Waals surface area (Å²) in [4.78, 5) is 21.7. The number of hydrazine groups is 1. The number of carbonyl (C=O) groups excluding carboxylic acids is 1. The van der Waals surface area contributed by atoms with Crippen molar-refractivity contribution in [2.75, 3.05) is 0 Å². The third-order valence-electron chi connectivity index (χ3n) is 2.81. The summed E-state index contributed by atoms with van der Waals surface area (Å²) in [6.45, 7) is 3.34. The molecule has 0 radical (unpaired) electrons. The van der Waals surface area contributed by atoms with Crippen molar-refractivity contribution in [1.29, 1.82) is 0 Å². The number of aromatic nitrogens is 4. The van der Waals surface area contributed by atoms with E-state index in [4.69, 9.17) is 5.84 Å². The molecule has 10 heteroatoms. The van der Waals surface area contributed by atoms with Gasteiger partial charge in [-0.05, 0) is 19.9 Å². The Hall–Kier alpha value is -2.75. The molecule has 0 atom stereocenters. The van der Waals surface area contributed by atoms with Gasteiger partial charge in [-0.3, -0.25) is 25.0 Å². The summed E-state index contributed by atoms with van der Waals surface area (Å²) in [5.74, 6) is 4.49. The first-order valence-corrected chi connectivity index (χ1v) is 5.67. The molecule has 0 aliphatic carbocycles. The number of nitro groups is 1. The van der Waals surface area contributed by atoms with Crippen molar-refractivity contribution in [1.82, 2.24) is 25.0 Å². The van der Waals surface area contributed by atoms with Crippen LogP contribution in [0.2, 0.25) is 0 Å². The zero-order chi connectivity index (χ0) is 14.9. The molecule has 0 unspecified atom stereocenters. The van der Waals surface area contributed by atoms with Gasteiger partial charge in [0.2, 0.25) is 0 Å². The second-order valence-electron chi connectivity index (χ2n) is 4.13. The fraction of sp³-hybridized carbons (Fsp3) is 0.300. The lowest BCUT2D eigenvalue weighted by molar-refractivity contribution is -0.386. The summed E-state index contributed by atoms with van der Waals surface area (Å²) in [5.41, 5.74) is 2.87. The number of hydrogen-bond acceptors (Lipinski definition) is 6. The fourth-order valence-electron chi connectivity index (χ4n) is 1.86. The molecule has 2 aromatic rings. The number of aryl methyl sites for hydroxylation is 1. The summed E-state index contributed by atoms with van der Waals surface area (Å²) in [7, 11) is 0. The Morgan fingerprint density at radius 2 is 2.20 bits per heavy atom. The van der Waals surface area contributed by atoms with E-state index in [0.29, 0.717) is 11.4 Å². The van der Waals surface area contributed by atoms with Crippen LogP contribution < -0.4 is 11.3 Å². The van der Waals surface area contributed by atoms with E-state index in [0.717, 1.165) is 0 Å². The Balaban J connectivity index is 2.27. The maximum absolute atomic E-state index is 11.3. The van der Waals surface area contributed by atoms with Gasteiger partial charge in [0.25, 0.3) is 5.91 Å². The van der Waals surface area contributed by atoms with Gasteiger partial charge in [-0.15, -0.1) is 0 Å². The number of nitrogen functional groups attached to an aromatic ring is 1. The van der Waals surface area contributed by atoms with E-state index < -0.39 is 10.8 Å². The Morgan fingerprint density at radius 3 is 2.75 bits per heavy atom. The first-order valence-electron chi connectivity index (χ1n) is 5.67. The van der Waals surface area contributed by atoms with Gasteiger partial charge < -0.3 is 0 Å². The molecule has 0 saturated carbocycles. The largest absolute Gasteiger partial charge is 0.312 e. The molecule has 0 spiro atoms. The van der Waals surface area contributed by atoms with Crippen LogP contribution in [0.5, 0.6) is 0 Å². The van der Waals surface area contributed by atoms with Gasteiger partial charge in [-0.1, -0.05) is 0 Å². The molecular formula is C10H13N7O3. The molecule has 106 valence electrons. The van der Waals surface area contributed by atoms with E-state index in [9.17, 15) is 14.9 Å². The molecule has 10 nitrogen and oxygen atoms in total. The fourth-order valence-corrected chi connectivity index (χ4v) is 1.86. The predicted octanol–water partition coefficient (Wildman–Crippen LogP) is -0.286. The Morgan fingerprint density at radius 1 is 1.50 bits per heavy atom. The van der Waals surface area contributed by atoms with Crippen molar-refractivity contribution in [3.63, 3.8) is 0 Å².